The zero-order valence-electron chi connectivity index (χ0n) is 14.8. The standard InChI is InChI=1S/C18H34N4O/c1-2-19-17(20-15-18(23)9-4-5-10-18)22-13-8-16(14-22)21-11-6-3-7-12-21/h16,23H,2-15H2,1H3,(H,19,20). The van der Waals surface area contributed by atoms with Gasteiger partial charge >= 0.3 is 0 Å². The molecule has 1 atom stereocenters. The van der Waals surface area contributed by atoms with E-state index in [0.717, 1.165) is 51.3 Å². The fraction of sp³-hybridized carbons (Fsp3) is 0.944. The lowest BCUT2D eigenvalue weighted by Crippen LogP contribution is -2.45. The Morgan fingerprint density at radius 1 is 1.13 bits per heavy atom. The van der Waals surface area contributed by atoms with Crippen molar-refractivity contribution in [1.29, 1.82) is 0 Å². The van der Waals surface area contributed by atoms with Crippen LogP contribution in [0.2, 0.25) is 0 Å². The minimum atomic E-state index is -0.549. The SMILES string of the molecule is CCNC(=NCC1(O)CCCC1)N1CCC(N2CCCCC2)C1. The Hall–Kier alpha value is -0.810. The smallest absolute Gasteiger partial charge is 0.194 e. The van der Waals surface area contributed by atoms with Crippen LogP contribution in [-0.2, 0) is 0 Å². The summed E-state index contributed by atoms with van der Waals surface area (Å²) in [6, 6.07) is 0.689. The lowest BCUT2D eigenvalue weighted by atomic mass is 10.0. The Bertz CT molecular complexity index is 400. The molecule has 1 saturated carbocycles. The third kappa shape index (κ3) is 4.38. The quantitative estimate of drug-likeness (QED) is 0.612. The molecule has 2 heterocycles. The third-order valence-electron chi connectivity index (χ3n) is 5.76. The van der Waals surface area contributed by atoms with Crippen molar-refractivity contribution in [3.63, 3.8) is 0 Å². The van der Waals surface area contributed by atoms with Gasteiger partial charge in [-0.15, -0.1) is 0 Å². The molecule has 23 heavy (non-hydrogen) atoms. The number of aliphatic imine (C=N–C) groups is 1. The summed E-state index contributed by atoms with van der Waals surface area (Å²) in [6.45, 7) is 8.29. The molecule has 0 radical (unpaired) electrons. The molecule has 0 aromatic carbocycles. The summed E-state index contributed by atoms with van der Waals surface area (Å²) < 4.78 is 0. The maximum Gasteiger partial charge on any atom is 0.194 e. The highest BCUT2D eigenvalue weighted by Crippen LogP contribution is 2.29. The Kier molecular flexibility index (Phi) is 5.81. The van der Waals surface area contributed by atoms with Gasteiger partial charge in [-0.25, -0.2) is 0 Å². The topological polar surface area (TPSA) is 51.1 Å². The largest absolute Gasteiger partial charge is 0.388 e. The summed E-state index contributed by atoms with van der Waals surface area (Å²) in [5.74, 6) is 1.01. The van der Waals surface area contributed by atoms with Crippen LogP contribution in [0.25, 0.3) is 0 Å². The average Bonchev–Trinajstić information content (AvgIpc) is 3.22. The van der Waals surface area contributed by atoms with Gasteiger partial charge in [0.2, 0.25) is 0 Å². The predicted octanol–water partition coefficient (Wildman–Crippen LogP) is 1.82. The van der Waals surface area contributed by atoms with E-state index in [9.17, 15) is 5.11 Å². The highest BCUT2D eigenvalue weighted by Gasteiger charge is 2.33. The molecule has 5 nitrogen and oxygen atoms in total. The van der Waals surface area contributed by atoms with Gasteiger partial charge in [0.15, 0.2) is 5.96 Å². The Morgan fingerprint density at radius 3 is 2.57 bits per heavy atom. The molecule has 2 N–H and O–H groups in total. The monoisotopic (exact) mass is 322 g/mol. The fourth-order valence-electron chi connectivity index (χ4n) is 4.35. The first-order valence-electron chi connectivity index (χ1n) is 9.70. The van der Waals surface area contributed by atoms with E-state index >= 15 is 0 Å². The molecule has 2 aliphatic heterocycles. The summed E-state index contributed by atoms with van der Waals surface area (Å²) in [5.41, 5.74) is -0.549. The van der Waals surface area contributed by atoms with Gasteiger partial charge in [0.25, 0.3) is 0 Å². The predicted molar refractivity (Wildman–Crippen MR) is 94.8 cm³/mol. The van der Waals surface area contributed by atoms with Crippen LogP contribution in [0, 0.1) is 0 Å². The van der Waals surface area contributed by atoms with E-state index in [1.165, 1.54) is 38.8 Å². The zero-order valence-corrected chi connectivity index (χ0v) is 14.8. The summed E-state index contributed by atoms with van der Waals surface area (Å²) >= 11 is 0. The normalized spacial score (nSPS) is 29.2. The van der Waals surface area contributed by atoms with Crippen LogP contribution in [0.5, 0.6) is 0 Å². The first-order valence-corrected chi connectivity index (χ1v) is 9.70. The summed E-state index contributed by atoms with van der Waals surface area (Å²) in [5, 5.41) is 14.0. The maximum absolute atomic E-state index is 10.5. The van der Waals surface area contributed by atoms with Crippen molar-refractivity contribution in [1.82, 2.24) is 15.1 Å². The second kappa shape index (κ2) is 7.84. The van der Waals surface area contributed by atoms with Gasteiger partial charge in [0.05, 0.1) is 12.1 Å². The molecule has 1 aliphatic carbocycles. The van der Waals surface area contributed by atoms with Crippen LogP contribution in [-0.4, -0.2) is 71.8 Å². The van der Waals surface area contributed by atoms with Crippen molar-refractivity contribution in [2.45, 2.75) is 69.9 Å². The lowest BCUT2D eigenvalue weighted by Gasteiger charge is -2.32. The van der Waals surface area contributed by atoms with Gasteiger partial charge < -0.3 is 15.3 Å². The molecule has 132 valence electrons. The molecule has 0 aromatic heterocycles. The highest BCUT2D eigenvalue weighted by molar-refractivity contribution is 5.80. The molecule has 3 fully saturated rings. The molecule has 0 aromatic rings. The molecule has 1 unspecified atom stereocenters. The molecule has 5 heteroatoms. The minimum Gasteiger partial charge on any atom is -0.388 e. The van der Waals surface area contributed by atoms with Crippen molar-refractivity contribution < 1.29 is 5.11 Å². The number of nitrogens with one attached hydrogen (secondary N) is 1. The van der Waals surface area contributed by atoms with Crippen molar-refractivity contribution in [3.05, 3.63) is 0 Å². The highest BCUT2D eigenvalue weighted by atomic mass is 16.3. The Labute approximate surface area is 141 Å². The lowest BCUT2D eigenvalue weighted by molar-refractivity contribution is 0.0572. The van der Waals surface area contributed by atoms with Crippen molar-refractivity contribution in [3.8, 4) is 0 Å². The molecule has 3 rings (SSSR count). The minimum absolute atomic E-state index is 0.549. The number of likely N-dealkylation sites (tertiary alicyclic amines) is 2. The van der Waals surface area contributed by atoms with Crippen LogP contribution in [0.3, 0.4) is 0 Å². The van der Waals surface area contributed by atoms with Crippen LogP contribution < -0.4 is 5.32 Å². The van der Waals surface area contributed by atoms with Crippen molar-refractivity contribution >= 4 is 5.96 Å². The van der Waals surface area contributed by atoms with Gasteiger partial charge in [-0.2, -0.15) is 0 Å². The van der Waals surface area contributed by atoms with Crippen LogP contribution >= 0.6 is 0 Å². The van der Waals surface area contributed by atoms with Gasteiger partial charge in [-0.3, -0.25) is 9.89 Å². The summed E-state index contributed by atoms with van der Waals surface area (Å²) in [4.78, 5) is 9.87. The van der Waals surface area contributed by atoms with E-state index in [0.29, 0.717) is 12.6 Å². The molecule has 3 aliphatic rings. The van der Waals surface area contributed by atoms with Crippen molar-refractivity contribution in [2.75, 3.05) is 39.3 Å². The average molecular weight is 322 g/mol. The fourth-order valence-corrected chi connectivity index (χ4v) is 4.35. The molecular formula is C18H34N4O. The number of rotatable bonds is 4. The number of hydrogen-bond acceptors (Lipinski definition) is 3. The number of guanidine groups is 1. The summed E-state index contributed by atoms with van der Waals surface area (Å²) in [7, 11) is 0. The van der Waals surface area contributed by atoms with Crippen molar-refractivity contribution in [2.24, 2.45) is 4.99 Å². The van der Waals surface area contributed by atoms with Gasteiger partial charge in [-0.1, -0.05) is 19.3 Å². The van der Waals surface area contributed by atoms with Crippen LogP contribution in [0.4, 0.5) is 0 Å². The molecule has 0 spiro atoms. The number of piperidine rings is 1. The first kappa shape index (κ1) is 17.0. The van der Waals surface area contributed by atoms with Gasteiger partial charge in [0.1, 0.15) is 0 Å². The molecule has 2 saturated heterocycles. The number of nitrogens with zero attached hydrogens (tertiary/aromatic N) is 3. The van der Waals surface area contributed by atoms with E-state index in [1.807, 2.05) is 0 Å². The van der Waals surface area contributed by atoms with E-state index in [-0.39, 0.29) is 0 Å². The van der Waals surface area contributed by atoms with Crippen LogP contribution in [0.1, 0.15) is 58.3 Å². The number of aliphatic hydroxyl groups is 1. The molecule has 0 bridgehead atoms. The Morgan fingerprint density at radius 2 is 1.87 bits per heavy atom. The van der Waals surface area contributed by atoms with Crippen LogP contribution in [0.15, 0.2) is 4.99 Å². The van der Waals surface area contributed by atoms with Gasteiger partial charge in [-0.05, 0) is 52.1 Å². The molecule has 0 amide bonds. The second-order valence-electron chi connectivity index (χ2n) is 7.59. The van der Waals surface area contributed by atoms with Gasteiger partial charge in [0, 0.05) is 25.7 Å². The molecular weight excluding hydrogens is 288 g/mol. The van der Waals surface area contributed by atoms with E-state index in [2.05, 4.69) is 22.0 Å². The Balaban J connectivity index is 1.57. The zero-order chi connectivity index (χ0) is 16.1. The first-order chi connectivity index (χ1) is 11.2. The number of hydrogen-bond donors (Lipinski definition) is 2. The van der Waals surface area contributed by atoms with E-state index in [1.54, 1.807) is 0 Å². The van der Waals surface area contributed by atoms with E-state index in [4.69, 9.17) is 4.99 Å². The second-order valence-corrected chi connectivity index (χ2v) is 7.59. The van der Waals surface area contributed by atoms with E-state index < -0.39 is 5.60 Å². The maximum atomic E-state index is 10.5. The third-order valence-corrected chi connectivity index (χ3v) is 5.76. The summed E-state index contributed by atoms with van der Waals surface area (Å²) in [6.07, 6.45) is 9.46.